The molecule has 1 saturated heterocycles. The van der Waals surface area contributed by atoms with Gasteiger partial charge in [0.25, 0.3) is 0 Å². The quantitative estimate of drug-likeness (QED) is 0.865. The van der Waals surface area contributed by atoms with Crippen molar-refractivity contribution in [2.24, 2.45) is 0 Å². The van der Waals surface area contributed by atoms with E-state index in [4.69, 9.17) is 5.26 Å². The van der Waals surface area contributed by atoms with Gasteiger partial charge in [-0.15, -0.1) is 0 Å². The van der Waals surface area contributed by atoms with Crippen molar-refractivity contribution < 1.29 is 0 Å². The number of rotatable bonds is 3. The van der Waals surface area contributed by atoms with E-state index in [2.05, 4.69) is 45.1 Å². The summed E-state index contributed by atoms with van der Waals surface area (Å²) in [4.78, 5) is 9.06. The molecular weight excluding hydrogens is 260 g/mol. The third-order valence-corrected chi connectivity index (χ3v) is 4.22. The molecule has 1 aliphatic rings. The molecule has 1 unspecified atom stereocenters. The van der Waals surface area contributed by atoms with Crippen LogP contribution in [0.5, 0.6) is 0 Å². The highest BCUT2D eigenvalue weighted by Crippen LogP contribution is 2.16. The molecular formula is C17H20N4. The molecule has 0 spiro atoms. The van der Waals surface area contributed by atoms with Gasteiger partial charge in [-0.3, -0.25) is 14.8 Å². The molecule has 1 atom stereocenters. The summed E-state index contributed by atoms with van der Waals surface area (Å²) in [5.41, 5.74) is 2.38. The lowest BCUT2D eigenvalue weighted by atomic mass is 10.1. The van der Waals surface area contributed by atoms with Crippen molar-refractivity contribution in [1.82, 2.24) is 14.8 Å². The van der Waals surface area contributed by atoms with Crippen LogP contribution in [0, 0.1) is 11.3 Å². The number of pyridine rings is 1. The van der Waals surface area contributed by atoms with Gasteiger partial charge >= 0.3 is 0 Å². The van der Waals surface area contributed by atoms with E-state index in [1.807, 2.05) is 19.2 Å². The van der Waals surface area contributed by atoms with Crippen LogP contribution in [0.1, 0.15) is 12.5 Å². The summed E-state index contributed by atoms with van der Waals surface area (Å²) in [6, 6.07) is 12.9. The topological polar surface area (TPSA) is 43.2 Å². The highest BCUT2D eigenvalue weighted by molar-refractivity contribution is 5.78. The molecule has 0 bridgehead atoms. The molecule has 1 aliphatic heterocycles. The molecule has 108 valence electrons. The van der Waals surface area contributed by atoms with E-state index in [0.717, 1.165) is 38.2 Å². The van der Waals surface area contributed by atoms with Gasteiger partial charge in [0.1, 0.15) is 0 Å². The van der Waals surface area contributed by atoms with Gasteiger partial charge in [0, 0.05) is 44.3 Å². The first-order valence-electron chi connectivity index (χ1n) is 7.46. The van der Waals surface area contributed by atoms with Gasteiger partial charge in [-0.05, 0) is 30.7 Å². The fourth-order valence-corrected chi connectivity index (χ4v) is 2.87. The summed E-state index contributed by atoms with van der Waals surface area (Å²) in [5.74, 6) is 0. The molecule has 0 N–H and O–H groups in total. The van der Waals surface area contributed by atoms with Crippen molar-refractivity contribution in [3.05, 3.63) is 42.1 Å². The minimum Gasteiger partial charge on any atom is -0.297 e. The maximum absolute atomic E-state index is 8.98. The normalized spacial score (nSPS) is 18.5. The Morgan fingerprint density at radius 2 is 2.05 bits per heavy atom. The third kappa shape index (κ3) is 3.21. The van der Waals surface area contributed by atoms with Gasteiger partial charge in [-0.1, -0.05) is 12.1 Å². The molecule has 1 aromatic heterocycles. The minimum atomic E-state index is 0.0268. The van der Waals surface area contributed by atoms with Crippen LogP contribution in [-0.4, -0.2) is 47.0 Å². The molecule has 0 amide bonds. The van der Waals surface area contributed by atoms with E-state index in [0.29, 0.717) is 0 Å². The molecule has 2 aromatic rings. The summed E-state index contributed by atoms with van der Waals surface area (Å²) in [5, 5.41) is 10.2. The number of piperazine rings is 1. The third-order valence-electron chi connectivity index (χ3n) is 4.22. The molecule has 0 radical (unpaired) electrons. The van der Waals surface area contributed by atoms with Crippen molar-refractivity contribution in [3.8, 4) is 6.07 Å². The van der Waals surface area contributed by atoms with Crippen LogP contribution < -0.4 is 0 Å². The van der Waals surface area contributed by atoms with Crippen molar-refractivity contribution in [2.75, 3.05) is 26.2 Å². The fourth-order valence-electron chi connectivity index (χ4n) is 2.87. The van der Waals surface area contributed by atoms with Gasteiger partial charge in [-0.2, -0.15) is 5.26 Å². The van der Waals surface area contributed by atoms with E-state index in [1.165, 1.54) is 10.9 Å². The number of nitriles is 1. The number of hydrogen-bond donors (Lipinski definition) is 0. The van der Waals surface area contributed by atoms with Crippen LogP contribution in [0.25, 0.3) is 10.9 Å². The Balaban J connectivity index is 1.63. The molecule has 2 heterocycles. The molecule has 1 fully saturated rings. The molecule has 4 nitrogen and oxygen atoms in total. The summed E-state index contributed by atoms with van der Waals surface area (Å²) >= 11 is 0. The minimum absolute atomic E-state index is 0.0268. The molecule has 3 rings (SSSR count). The predicted octanol–water partition coefficient (Wildman–Crippen LogP) is 2.26. The zero-order valence-corrected chi connectivity index (χ0v) is 12.4. The highest BCUT2D eigenvalue weighted by Gasteiger charge is 2.20. The SMILES string of the molecule is CC(C#N)N1CCN(Cc2ccc3ncccc3c2)CC1. The van der Waals surface area contributed by atoms with Crippen molar-refractivity contribution >= 4 is 10.9 Å². The smallest absolute Gasteiger partial charge is 0.0950 e. The van der Waals surface area contributed by atoms with Gasteiger partial charge in [0.05, 0.1) is 17.6 Å². The summed E-state index contributed by atoms with van der Waals surface area (Å²) in [6.45, 7) is 6.95. The van der Waals surface area contributed by atoms with Crippen molar-refractivity contribution in [1.29, 1.82) is 5.26 Å². The second kappa shape index (κ2) is 6.21. The Bertz CT molecular complexity index is 653. The van der Waals surface area contributed by atoms with E-state index in [1.54, 1.807) is 0 Å². The number of benzene rings is 1. The molecule has 1 aromatic carbocycles. The average Bonchev–Trinajstić information content (AvgIpc) is 2.55. The standard InChI is InChI=1S/C17H20N4/c1-14(12-18)21-9-7-20(8-10-21)13-15-4-5-17-16(11-15)3-2-6-19-17/h2-6,11,14H,7-10,13H2,1H3. The second-order valence-electron chi connectivity index (χ2n) is 5.65. The maximum Gasteiger partial charge on any atom is 0.0950 e. The van der Waals surface area contributed by atoms with Crippen LogP contribution in [0.15, 0.2) is 36.5 Å². The zero-order valence-electron chi connectivity index (χ0n) is 12.4. The van der Waals surface area contributed by atoms with E-state index in [-0.39, 0.29) is 6.04 Å². The number of nitrogens with zero attached hydrogens (tertiary/aromatic N) is 4. The first kappa shape index (κ1) is 14.0. The molecule has 21 heavy (non-hydrogen) atoms. The monoisotopic (exact) mass is 280 g/mol. The summed E-state index contributed by atoms with van der Waals surface area (Å²) < 4.78 is 0. The predicted molar refractivity (Wildman–Crippen MR) is 83.7 cm³/mol. The Labute approximate surface area is 125 Å². The second-order valence-corrected chi connectivity index (χ2v) is 5.65. The summed E-state index contributed by atoms with van der Waals surface area (Å²) in [7, 11) is 0. The fraction of sp³-hybridized carbons (Fsp3) is 0.412. The van der Waals surface area contributed by atoms with E-state index in [9.17, 15) is 0 Å². The van der Waals surface area contributed by atoms with E-state index >= 15 is 0 Å². The lowest BCUT2D eigenvalue weighted by Crippen LogP contribution is -2.48. The van der Waals surface area contributed by atoms with E-state index < -0.39 is 0 Å². The molecule has 0 aliphatic carbocycles. The largest absolute Gasteiger partial charge is 0.297 e. The first-order chi connectivity index (χ1) is 10.3. The molecule has 4 heteroatoms. The Hall–Kier alpha value is -1.96. The average molecular weight is 280 g/mol. The van der Waals surface area contributed by atoms with Crippen LogP contribution in [0.4, 0.5) is 0 Å². The molecule has 0 saturated carbocycles. The lowest BCUT2D eigenvalue weighted by Gasteiger charge is -2.35. The van der Waals surface area contributed by atoms with Crippen molar-refractivity contribution in [3.63, 3.8) is 0 Å². The Morgan fingerprint density at radius 3 is 2.81 bits per heavy atom. The van der Waals surface area contributed by atoms with Gasteiger partial charge < -0.3 is 0 Å². The van der Waals surface area contributed by atoms with Crippen LogP contribution >= 0.6 is 0 Å². The maximum atomic E-state index is 8.98. The Morgan fingerprint density at radius 1 is 1.24 bits per heavy atom. The van der Waals surface area contributed by atoms with Crippen molar-refractivity contribution in [2.45, 2.75) is 19.5 Å². The number of aromatic nitrogens is 1. The number of fused-ring (bicyclic) bond motifs is 1. The highest BCUT2D eigenvalue weighted by atomic mass is 15.3. The van der Waals surface area contributed by atoms with Crippen LogP contribution in [0.2, 0.25) is 0 Å². The van der Waals surface area contributed by atoms with Crippen LogP contribution in [0.3, 0.4) is 0 Å². The Kier molecular flexibility index (Phi) is 4.14. The zero-order chi connectivity index (χ0) is 14.7. The first-order valence-corrected chi connectivity index (χ1v) is 7.46. The van der Waals surface area contributed by atoms with Gasteiger partial charge in [0.15, 0.2) is 0 Å². The van der Waals surface area contributed by atoms with Gasteiger partial charge in [-0.25, -0.2) is 0 Å². The summed E-state index contributed by atoms with van der Waals surface area (Å²) in [6.07, 6.45) is 1.83. The lowest BCUT2D eigenvalue weighted by molar-refractivity contribution is 0.114. The van der Waals surface area contributed by atoms with Gasteiger partial charge in [0.2, 0.25) is 0 Å². The number of hydrogen-bond acceptors (Lipinski definition) is 4. The van der Waals surface area contributed by atoms with Crippen LogP contribution in [-0.2, 0) is 6.54 Å².